The molecule has 0 N–H and O–H groups in total. The average molecular weight is 155 g/mol. The first-order valence-electron chi connectivity index (χ1n) is 3.16. The van der Waals surface area contributed by atoms with Crippen LogP contribution in [0.2, 0.25) is 0 Å². The van der Waals surface area contributed by atoms with Gasteiger partial charge in [0.15, 0.2) is 0 Å². The minimum atomic E-state index is -0.236. The summed E-state index contributed by atoms with van der Waals surface area (Å²) < 4.78 is 0. The molecule has 0 heterocycles. The number of hydrogen-bond acceptors (Lipinski definition) is 2. The number of aliphatic imine (C=N–C) groups is 1. The van der Waals surface area contributed by atoms with E-state index in [4.69, 9.17) is 0 Å². The molecule has 10 heavy (non-hydrogen) atoms. The molecule has 1 amide bonds. The first-order valence-corrected chi connectivity index (χ1v) is 3.56. The fraction of sp³-hybridized carbons (Fsp3) is 0.429. The Bertz CT molecular complexity index is 198. The van der Waals surface area contributed by atoms with Crippen molar-refractivity contribution in [2.75, 3.05) is 0 Å². The number of hydrogen-bond donors (Lipinski definition) is 0. The number of thiocarbonyl (C=S) groups is 1. The SMILES string of the molecule is CC.O=C(N=C=S)C1=CC1. The number of nitrogens with zero attached hydrogens (tertiary/aromatic N) is 1. The predicted octanol–water partition coefficient (Wildman–Crippen LogP) is 1.97. The van der Waals surface area contributed by atoms with E-state index in [9.17, 15) is 4.79 Å². The van der Waals surface area contributed by atoms with Gasteiger partial charge in [0.2, 0.25) is 0 Å². The number of amides is 1. The third-order valence-electron chi connectivity index (χ3n) is 0.830. The Morgan fingerprint density at radius 2 is 2.30 bits per heavy atom. The Balaban J connectivity index is 0.000000371. The zero-order chi connectivity index (χ0) is 7.98. The lowest BCUT2D eigenvalue weighted by molar-refractivity contribution is -0.113. The highest BCUT2D eigenvalue weighted by Crippen LogP contribution is 2.18. The number of allylic oxidation sites excluding steroid dienone is 1. The molecule has 0 saturated carbocycles. The second-order valence-electron chi connectivity index (χ2n) is 1.44. The highest BCUT2D eigenvalue weighted by molar-refractivity contribution is 7.78. The van der Waals surface area contributed by atoms with Gasteiger partial charge >= 0.3 is 0 Å². The summed E-state index contributed by atoms with van der Waals surface area (Å²) in [4.78, 5) is 13.7. The molecular weight excluding hydrogens is 146 g/mol. The molecule has 0 aliphatic heterocycles. The number of carbonyl (C=O) groups is 1. The largest absolute Gasteiger partial charge is 0.281 e. The Morgan fingerprint density at radius 3 is 2.60 bits per heavy atom. The molecule has 0 unspecified atom stereocenters. The zero-order valence-corrected chi connectivity index (χ0v) is 6.86. The molecule has 3 heteroatoms. The van der Waals surface area contributed by atoms with Crippen LogP contribution in [-0.4, -0.2) is 11.1 Å². The van der Waals surface area contributed by atoms with Crippen LogP contribution in [0, 0.1) is 0 Å². The summed E-state index contributed by atoms with van der Waals surface area (Å²) >= 11 is 4.21. The Labute approximate surface area is 65.7 Å². The average Bonchev–Trinajstić information content (AvgIpc) is 2.74. The standard InChI is InChI=1S/C5H3NOS.C2H6/c7-5(6-3-8)4-1-2-4;1-2/h1H,2H2;1-2H3. The quantitative estimate of drug-likeness (QED) is 0.428. The van der Waals surface area contributed by atoms with Gasteiger partial charge in [0.1, 0.15) is 0 Å². The molecule has 0 aromatic heterocycles. The molecule has 1 aliphatic rings. The van der Waals surface area contributed by atoms with Crippen molar-refractivity contribution in [3.63, 3.8) is 0 Å². The van der Waals surface area contributed by atoms with Crippen LogP contribution < -0.4 is 0 Å². The summed E-state index contributed by atoms with van der Waals surface area (Å²) in [7, 11) is 0. The molecule has 2 nitrogen and oxygen atoms in total. The van der Waals surface area contributed by atoms with Crippen molar-refractivity contribution in [2.45, 2.75) is 20.3 Å². The third-order valence-corrected chi connectivity index (χ3v) is 0.921. The molecule has 1 aliphatic carbocycles. The van der Waals surface area contributed by atoms with Gasteiger partial charge in [0.05, 0.1) is 5.16 Å². The van der Waals surface area contributed by atoms with Gasteiger partial charge in [-0.3, -0.25) is 4.79 Å². The summed E-state index contributed by atoms with van der Waals surface area (Å²) in [6, 6.07) is 0. The molecule has 0 fully saturated rings. The number of carbonyl (C=O) groups excluding carboxylic acids is 1. The molecule has 0 saturated heterocycles. The van der Waals surface area contributed by atoms with Crippen LogP contribution in [-0.2, 0) is 4.79 Å². The second kappa shape index (κ2) is 5.03. The summed E-state index contributed by atoms with van der Waals surface area (Å²) in [5, 5.41) is 2.01. The Hall–Kier alpha value is -0.790. The Morgan fingerprint density at radius 1 is 1.80 bits per heavy atom. The van der Waals surface area contributed by atoms with E-state index in [2.05, 4.69) is 17.2 Å². The first-order chi connectivity index (χ1) is 4.84. The maximum Gasteiger partial charge on any atom is 0.281 e. The van der Waals surface area contributed by atoms with Crippen molar-refractivity contribution in [1.82, 2.24) is 0 Å². The van der Waals surface area contributed by atoms with Gasteiger partial charge < -0.3 is 0 Å². The Kier molecular flexibility index (Phi) is 4.63. The normalized spacial score (nSPS) is 11.6. The van der Waals surface area contributed by atoms with E-state index in [0.717, 1.165) is 12.0 Å². The summed E-state index contributed by atoms with van der Waals surface area (Å²) in [6.45, 7) is 4.00. The van der Waals surface area contributed by atoms with Gasteiger partial charge in [-0.05, 0) is 18.6 Å². The minimum Gasteiger partial charge on any atom is -0.266 e. The molecule has 0 aromatic carbocycles. The van der Waals surface area contributed by atoms with Gasteiger partial charge in [-0.15, -0.1) is 0 Å². The van der Waals surface area contributed by atoms with Crippen LogP contribution in [0.4, 0.5) is 0 Å². The van der Waals surface area contributed by atoms with E-state index in [1.807, 2.05) is 19.0 Å². The maximum absolute atomic E-state index is 10.4. The van der Waals surface area contributed by atoms with Crippen LogP contribution in [0.5, 0.6) is 0 Å². The summed E-state index contributed by atoms with van der Waals surface area (Å²) in [5.74, 6) is -0.236. The second-order valence-corrected chi connectivity index (χ2v) is 1.62. The van der Waals surface area contributed by atoms with E-state index in [1.165, 1.54) is 0 Å². The minimum absolute atomic E-state index is 0.236. The van der Waals surface area contributed by atoms with E-state index in [-0.39, 0.29) is 5.91 Å². The van der Waals surface area contributed by atoms with Crippen molar-refractivity contribution < 1.29 is 4.79 Å². The van der Waals surface area contributed by atoms with Gasteiger partial charge in [-0.2, -0.15) is 4.99 Å². The fourth-order valence-electron chi connectivity index (χ4n) is 0.339. The van der Waals surface area contributed by atoms with Crippen molar-refractivity contribution in [2.24, 2.45) is 4.99 Å². The third kappa shape index (κ3) is 3.28. The molecular formula is C7H9NOS. The van der Waals surface area contributed by atoms with E-state index < -0.39 is 0 Å². The van der Waals surface area contributed by atoms with Gasteiger partial charge in [0, 0.05) is 5.57 Å². The molecule has 0 bridgehead atoms. The highest BCUT2D eigenvalue weighted by atomic mass is 32.1. The summed E-state index contributed by atoms with van der Waals surface area (Å²) in [5.41, 5.74) is 0.752. The lowest BCUT2D eigenvalue weighted by Crippen LogP contribution is -1.85. The van der Waals surface area contributed by atoms with E-state index in [1.54, 1.807) is 6.08 Å². The molecule has 0 atom stereocenters. The lowest BCUT2D eigenvalue weighted by atomic mass is 10.5. The van der Waals surface area contributed by atoms with Crippen LogP contribution in [0.1, 0.15) is 20.3 Å². The monoisotopic (exact) mass is 155 g/mol. The van der Waals surface area contributed by atoms with Gasteiger partial charge in [0.25, 0.3) is 5.91 Å². The van der Waals surface area contributed by atoms with Crippen molar-refractivity contribution in [1.29, 1.82) is 0 Å². The first kappa shape index (κ1) is 9.21. The lowest BCUT2D eigenvalue weighted by Gasteiger charge is -1.73. The molecule has 0 spiro atoms. The fourth-order valence-corrected chi connectivity index (χ4v) is 0.422. The number of isothiocyanates is 1. The predicted molar refractivity (Wildman–Crippen MR) is 44.1 cm³/mol. The molecule has 1 rings (SSSR count). The van der Waals surface area contributed by atoms with Crippen LogP contribution in [0.3, 0.4) is 0 Å². The smallest absolute Gasteiger partial charge is 0.266 e. The topological polar surface area (TPSA) is 29.4 Å². The zero-order valence-electron chi connectivity index (χ0n) is 6.05. The van der Waals surface area contributed by atoms with Crippen molar-refractivity contribution in [3.05, 3.63) is 11.6 Å². The van der Waals surface area contributed by atoms with Crippen LogP contribution in [0.15, 0.2) is 16.6 Å². The number of rotatable bonds is 1. The molecule has 0 radical (unpaired) electrons. The van der Waals surface area contributed by atoms with E-state index in [0.29, 0.717) is 0 Å². The summed E-state index contributed by atoms with van der Waals surface area (Å²) in [6.07, 6.45) is 2.58. The highest BCUT2D eigenvalue weighted by Gasteiger charge is 2.14. The van der Waals surface area contributed by atoms with E-state index >= 15 is 0 Å². The van der Waals surface area contributed by atoms with Crippen molar-refractivity contribution in [3.8, 4) is 0 Å². The molecule has 0 aromatic rings. The van der Waals surface area contributed by atoms with Crippen molar-refractivity contribution >= 4 is 23.3 Å². The van der Waals surface area contributed by atoms with Gasteiger partial charge in [-0.1, -0.05) is 19.9 Å². The maximum atomic E-state index is 10.4. The van der Waals surface area contributed by atoms with Gasteiger partial charge in [-0.25, -0.2) is 0 Å². The van der Waals surface area contributed by atoms with Crippen LogP contribution >= 0.6 is 12.2 Å². The van der Waals surface area contributed by atoms with Crippen LogP contribution in [0.25, 0.3) is 0 Å². The molecule has 54 valence electrons.